The van der Waals surface area contributed by atoms with Gasteiger partial charge in [0.25, 0.3) is 0 Å². The maximum absolute atomic E-state index is 11.6. The molecule has 0 aliphatic rings. The summed E-state index contributed by atoms with van der Waals surface area (Å²) in [6.07, 6.45) is 1.55. The zero-order valence-corrected chi connectivity index (χ0v) is 13.2. The van der Waals surface area contributed by atoms with Crippen molar-refractivity contribution >= 4 is 33.5 Å². The number of halogens is 1. The zero-order chi connectivity index (χ0) is 15.6. The van der Waals surface area contributed by atoms with E-state index in [0.717, 1.165) is 4.47 Å². The Balaban J connectivity index is 2.56. The van der Waals surface area contributed by atoms with E-state index in [2.05, 4.69) is 21.0 Å². The van der Waals surface area contributed by atoms with Crippen molar-refractivity contribution in [1.29, 1.82) is 0 Å². The van der Waals surface area contributed by atoms with Crippen LogP contribution in [-0.2, 0) is 4.79 Å². The first-order valence-corrected chi connectivity index (χ1v) is 7.10. The molecule has 2 rings (SSSR count). The van der Waals surface area contributed by atoms with Crippen LogP contribution in [0.25, 0.3) is 5.69 Å². The van der Waals surface area contributed by atoms with E-state index in [1.165, 1.54) is 16.5 Å². The number of carbonyl (C=O) groups is 2. The van der Waals surface area contributed by atoms with Crippen molar-refractivity contribution in [2.24, 2.45) is 0 Å². The fourth-order valence-corrected chi connectivity index (χ4v) is 2.42. The van der Waals surface area contributed by atoms with Gasteiger partial charge in [0.05, 0.1) is 17.6 Å². The second kappa shape index (κ2) is 6.09. The number of carbonyl (C=O) groups excluding carboxylic acids is 1. The van der Waals surface area contributed by atoms with E-state index in [-0.39, 0.29) is 17.3 Å². The zero-order valence-electron chi connectivity index (χ0n) is 11.6. The average molecular weight is 352 g/mol. The highest BCUT2D eigenvalue weighted by Gasteiger charge is 2.23. The number of carboxylic acids is 1. The Kier molecular flexibility index (Phi) is 4.42. The van der Waals surface area contributed by atoms with Crippen LogP contribution in [0.5, 0.6) is 0 Å². The lowest BCUT2D eigenvalue weighted by Crippen LogP contribution is -2.29. The van der Waals surface area contributed by atoms with Gasteiger partial charge in [-0.15, -0.1) is 0 Å². The molecular formula is C14H14BrN3O3. The summed E-state index contributed by atoms with van der Waals surface area (Å²) < 4.78 is 2.31. The molecule has 6 nitrogen and oxygen atoms in total. The van der Waals surface area contributed by atoms with Crippen LogP contribution in [0.1, 0.15) is 24.3 Å². The van der Waals surface area contributed by atoms with E-state index < -0.39 is 5.97 Å². The third-order valence-electron chi connectivity index (χ3n) is 2.96. The Labute approximate surface area is 130 Å². The molecule has 0 aliphatic carbocycles. The topological polar surface area (TPSA) is 75.4 Å². The monoisotopic (exact) mass is 351 g/mol. The molecule has 1 heterocycles. The van der Waals surface area contributed by atoms with Crippen LogP contribution in [0.2, 0.25) is 0 Å². The van der Waals surface area contributed by atoms with Crippen LogP contribution in [0, 0.1) is 0 Å². The average Bonchev–Trinajstić information content (AvgIpc) is 2.84. The van der Waals surface area contributed by atoms with Gasteiger partial charge in [-0.1, -0.05) is 22.0 Å². The second-order valence-electron chi connectivity index (χ2n) is 4.36. The minimum atomic E-state index is -1.17. The van der Waals surface area contributed by atoms with Gasteiger partial charge in [0.2, 0.25) is 5.91 Å². The smallest absolute Gasteiger partial charge is 0.358 e. The normalized spacial score (nSPS) is 10.4. The quantitative estimate of drug-likeness (QED) is 0.918. The highest BCUT2D eigenvalue weighted by Crippen LogP contribution is 2.23. The number of amides is 1. The summed E-state index contributed by atoms with van der Waals surface area (Å²) in [5.74, 6) is -1.40. The molecule has 0 unspecified atom stereocenters. The molecule has 1 amide bonds. The van der Waals surface area contributed by atoms with Crippen molar-refractivity contribution in [3.8, 4) is 5.69 Å². The molecule has 0 radical (unpaired) electrons. The van der Waals surface area contributed by atoms with Gasteiger partial charge in [0.1, 0.15) is 0 Å². The summed E-state index contributed by atoms with van der Waals surface area (Å²) in [4.78, 5) is 24.4. The van der Waals surface area contributed by atoms with Crippen LogP contribution in [-0.4, -0.2) is 33.3 Å². The molecule has 7 heteroatoms. The molecule has 2 aromatic rings. The lowest BCUT2D eigenvalue weighted by Gasteiger charge is -2.17. The summed E-state index contributed by atoms with van der Waals surface area (Å²) in [5, 5.41) is 13.4. The van der Waals surface area contributed by atoms with Crippen LogP contribution >= 0.6 is 15.9 Å². The summed E-state index contributed by atoms with van der Waals surface area (Å²) in [5.41, 5.74) is 0.849. The minimum absolute atomic E-state index is 0.146. The summed E-state index contributed by atoms with van der Waals surface area (Å²) in [7, 11) is 0. The molecule has 21 heavy (non-hydrogen) atoms. The molecule has 0 saturated carbocycles. The molecule has 110 valence electrons. The van der Waals surface area contributed by atoms with Gasteiger partial charge in [-0.3, -0.25) is 4.79 Å². The minimum Gasteiger partial charge on any atom is -0.476 e. The van der Waals surface area contributed by atoms with Crippen molar-refractivity contribution < 1.29 is 14.7 Å². The fraction of sp³-hybridized carbons (Fsp3) is 0.214. The standard InChI is InChI=1S/C14H14BrN3O3/c1-3-17(9(2)19)12-8-18(16-13(12)14(20)21)11-6-4-5-10(15)7-11/h4-8H,3H2,1-2H3,(H,20,21). The van der Waals surface area contributed by atoms with Crippen LogP contribution in [0.3, 0.4) is 0 Å². The first kappa shape index (κ1) is 15.2. The van der Waals surface area contributed by atoms with Gasteiger partial charge in [-0.25, -0.2) is 9.48 Å². The van der Waals surface area contributed by atoms with Crippen molar-refractivity contribution in [2.45, 2.75) is 13.8 Å². The molecular weight excluding hydrogens is 338 g/mol. The molecule has 0 aliphatic heterocycles. The molecule has 0 atom stereocenters. The predicted octanol–water partition coefficient (Wildman–Crippen LogP) is 2.71. The Morgan fingerprint density at radius 2 is 2.14 bits per heavy atom. The van der Waals surface area contributed by atoms with E-state index in [1.807, 2.05) is 18.2 Å². The van der Waals surface area contributed by atoms with Gasteiger partial charge < -0.3 is 10.0 Å². The van der Waals surface area contributed by atoms with Crippen molar-refractivity contribution in [3.05, 3.63) is 40.6 Å². The molecule has 0 fully saturated rings. The van der Waals surface area contributed by atoms with Gasteiger partial charge in [0, 0.05) is 17.9 Å². The van der Waals surface area contributed by atoms with E-state index in [4.69, 9.17) is 0 Å². The van der Waals surface area contributed by atoms with Gasteiger partial charge in [-0.2, -0.15) is 5.10 Å². The summed E-state index contributed by atoms with van der Waals surface area (Å²) in [6.45, 7) is 3.55. The van der Waals surface area contributed by atoms with Crippen LogP contribution in [0.4, 0.5) is 5.69 Å². The van der Waals surface area contributed by atoms with Crippen LogP contribution in [0.15, 0.2) is 34.9 Å². The highest BCUT2D eigenvalue weighted by molar-refractivity contribution is 9.10. The summed E-state index contributed by atoms with van der Waals surface area (Å²) in [6, 6.07) is 7.30. The third-order valence-corrected chi connectivity index (χ3v) is 3.45. The Hall–Kier alpha value is -2.15. The van der Waals surface area contributed by atoms with Gasteiger partial charge >= 0.3 is 5.97 Å². The lowest BCUT2D eigenvalue weighted by molar-refractivity contribution is -0.116. The molecule has 0 bridgehead atoms. The van der Waals surface area contributed by atoms with Crippen LogP contribution < -0.4 is 4.90 Å². The third kappa shape index (κ3) is 3.13. The number of rotatable bonds is 4. The number of hydrogen-bond donors (Lipinski definition) is 1. The highest BCUT2D eigenvalue weighted by atomic mass is 79.9. The molecule has 0 saturated heterocycles. The van der Waals surface area contributed by atoms with Gasteiger partial charge in [0.15, 0.2) is 5.69 Å². The first-order valence-electron chi connectivity index (χ1n) is 6.31. The Morgan fingerprint density at radius 1 is 1.43 bits per heavy atom. The molecule has 0 spiro atoms. The second-order valence-corrected chi connectivity index (χ2v) is 5.27. The van der Waals surface area contributed by atoms with E-state index in [1.54, 1.807) is 19.2 Å². The number of anilines is 1. The van der Waals surface area contributed by atoms with E-state index in [9.17, 15) is 14.7 Å². The Bertz CT molecular complexity index is 697. The first-order chi connectivity index (χ1) is 9.93. The van der Waals surface area contributed by atoms with Crippen molar-refractivity contribution in [1.82, 2.24) is 9.78 Å². The Morgan fingerprint density at radius 3 is 2.67 bits per heavy atom. The maximum Gasteiger partial charge on any atom is 0.358 e. The number of hydrogen-bond acceptors (Lipinski definition) is 3. The SMILES string of the molecule is CCN(C(C)=O)c1cn(-c2cccc(Br)c2)nc1C(=O)O. The number of benzene rings is 1. The van der Waals surface area contributed by atoms with Crippen molar-refractivity contribution in [3.63, 3.8) is 0 Å². The van der Waals surface area contributed by atoms with Crippen molar-refractivity contribution in [2.75, 3.05) is 11.4 Å². The summed E-state index contributed by atoms with van der Waals surface area (Å²) >= 11 is 3.36. The van der Waals surface area contributed by atoms with Gasteiger partial charge in [-0.05, 0) is 25.1 Å². The van der Waals surface area contributed by atoms with E-state index >= 15 is 0 Å². The molecule has 1 N–H and O–H groups in total. The number of aromatic carboxylic acids is 1. The number of carboxylic acid groups (broad SMARTS) is 1. The molecule has 1 aromatic carbocycles. The fourth-order valence-electron chi connectivity index (χ4n) is 2.03. The number of aromatic nitrogens is 2. The predicted molar refractivity (Wildman–Crippen MR) is 81.9 cm³/mol. The lowest BCUT2D eigenvalue weighted by atomic mass is 10.3. The molecule has 1 aromatic heterocycles. The largest absolute Gasteiger partial charge is 0.476 e. The number of nitrogens with zero attached hydrogens (tertiary/aromatic N) is 3. The maximum atomic E-state index is 11.6. The van der Waals surface area contributed by atoms with E-state index in [0.29, 0.717) is 12.2 Å².